The first-order valence-electron chi connectivity index (χ1n) is 5.62. The molecule has 1 aromatic heterocycles. The quantitative estimate of drug-likeness (QED) is 0.634. The summed E-state index contributed by atoms with van der Waals surface area (Å²) in [6.45, 7) is 0. The van der Waals surface area contributed by atoms with Crippen molar-refractivity contribution in [2.75, 3.05) is 0 Å². The molecule has 0 bridgehead atoms. The molecule has 0 N–H and O–H groups in total. The van der Waals surface area contributed by atoms with Crippen LogP contribution < -0.4 is 0 Å². The highest BCUT2D eigenvalue weighted by atomic mass is 35.5. The molecule has 0 atom stereocenters. The number of rotatable bonds is 2. The van der Waals surface area contributed by atoms with Gasteiger partial charge in [-0.3, -0.25) is 4.79 Å². The first-order valence-corrected chi connectivity index (χ1v) is 6.00. The number of halogens is 2. The number of benzene rings is 2. The van der Waals surface area contributed by atoms with Gasteiger partial charge in [-0.05, 0) is 30.3 Å². The molecule has 0 saturated carbocycles. The molecule has 94 valence electrons. The molecule has 0 saturated heterocycles. The largest absolute Gasteiger partial charge is 0.454 e. The van der Waals surface area contributed by atoms with Crippen molar-refractivity contribution in [2.45, 2.75) is 0 Å². The second-order valence-corrected chi connectivity index (χ2v) is 4.53. The van der Waals surface area contributed by atoms with Crippen molar-refractivity contribution in [1.82, 2.24) is 0 Å². The smallest absolute Gasteiger partial charge is 0.153 e. The Labute approximate surface area is 113 Å². The Morgan fingerprint density at radius 1 is 1.16 bits per heavy atom. The summed E-state index contributed by atoms with van der Waals surface area (Å²) in [6, 6.07) is 11.2. The van der Waals surface area contributed by atoms with Crippen LogP contribution in [0.5, 0.6) is 0 Å². The fourth-order valence-electron chi connectivity index (χ4n) is 2.02. The fourth-order valence-corrected chi connectivity index (χ4v) is 2.24. The molecule has 4 heteroatoms. The maximum absolute atomic E-state index is 13.1. The lowest BCUT2D eigenvalue weighted by Gasteiger charge is -2.00. The Balaban J connectivity index is 2.24. The molecule has 3 aromatic rings. The third-order valence-corrected chi connectivity index (χ3v) is 3.20. The Kier molecular flexibility index (Phi) is 2.84. The van der Waals surface area contributed by atoms with Crippen molar-refractivity contribution in [3.8, 4) is 11.3 Å². The number of hydrogen-bond acceptors (Lipinski definition) is 2. The summed E-state index contributed by atoms with van der Waals surface area (Å²) in [7, 11) is 0. The zero-order chi connectivity index (χ0) is 13.4. The Bertz CT molecular complexity index is 777. The predicted octanol–water partition coefficient (Wildman–Crippen LogP) is 4.70. The summed E-state index contributed by atoms with van der Waals surface area (Å²) >= 11 is 6.03. The summed E-state index contributed by atoms with van der Waals surface area (Å²) in [5.74, 6) is 0.0326. The van der Waals surface area contributed by atoms with E-state index in [9.17, 15) is 9.18 Å². The summed E-state index contributed by atoms with van der Waals surface area (Å²) in [5, 5.41) is 1.34. The highest BCUT2D eigenvalue weighted by Gasteiger charge is 2.12. The summed E-state index contributed by atoms with van der Waals surface area (Å²) in [5.41, 5.74) is 1.35. The Morgan fingerprint density at radius 2 is 2.00 bits per heavy atom. The number of furan rings is 1. The van der Waals surface area contributed by atoms with Crippen molar-refractivity contribution in [1.29, 1.82) is 0 Å². The van der Waals surface area contributed by atoms with Crippen molar-refractivity contribution < 1.29 is 13.6 Å². The number of fused-ring (bicyclic) bond motifs is 1. The number of para-hydroxylation sites is 1. The van der Waals surface area contributed by atoms with Crippen LogP contribution in [0.4, 0.5) is 4.39 Å². The van der Waals surface area contributed by atoms with Crippen molar-refractivity contribution in [3.05, 3.63) is 58.9 Å². The maximum Gasteiger partial charge on any atom is 0.153 e. The number of hydrogen-bond donors (Lipinski definition) is 0. The van der Waals surface area contributed by atoms with Gasteiger partial charge in [0.1, 0.15) is 11.6 Å². The summed E-state index contributed by atoms with van der Waals surface area (Å²) in [6.07, 6.45) is 0.604. The van der Waals surface area contributed by atoms with E-state index >= 15 is 0 Å². The zero-order valence-electron chi connectivity index (χ0n) is 9.69. The van der Waals surface area contributed by atoms with E-state index in [0.717, 1.165) is 5.39 Å². The molecule has 0 spiro atoms. The molecular formula is C15H8ClFO2. The molecule has 0 radical (unpaired) electrons. The van der Waals surface area contributed by atoms with Crippen LogP contribution in [0.15, 0.2) is 46.9 Å². The monoisotopic (exact) mass is 274 g/mol. The average Bonchev–Trinajstić information content (AvgIpc) is 2.83. The molecule has 0 aliphatic heterocycles. The highest BCUT2D eigenvalue weighted by Crippen LogP contribution is 2.33. The molecule has 0 aliphatic rings. The first kappa shape index (κ1) is 11.9. The normalized spacial score (nSPS) is 10.8. The molecule has 3 rings (SSSR count). The Hall–Kier alpha value is -2.13. The van der Waals surface area contributed by atoms with Gasteiger partial charge < -0.3 is 4.42 Å². The lowest BCUT2D eigenvalue weighted by molar-refractivity contribution is 0.112. The minimum atomic E-state index is -0.458. The van der Waals surface area contributed by atoms with Crippen LogP contribution in [0.2, 0.25) is 5.02 Å². The number of carbonyl (C=O) groups is 1. The minimum absolute atomic E-state index is 0.246. The summed E-state index contributed by atoms with van der Waals surface area (Å²) < 4.78 is 18.8. The van der Waals surface area contributed by atoms with E-state index in [0.29, 0.717) is 28.2 Å². The second-order valence-electron chi connectivity index (χ2n) is 4.12. The van der Waals surface area contributed by atoms with Gasteiger partial charge in [0.15, 0.2) is 11.9 Å². The molecule has 0 amide bonds. The lowest BCUT2D eigenvalue weighted by atomic mass is 10.1. The van der Waals surface area contributed by atoms with Gasteiger partial charge in [-0.1, -0.05) is 23.7 Å². The molecule has 1 heterocycles. The van der Waals surface area contributed by atoms with Crippen LogP contribution in [0.3, 0.4) is 0 Å². The van der Waals surface area contributed by atoms with Gasteiger partial charge in [0.05, 0.1) is 5.02 Å². The van der Waals surface area contributed by atoms with Crippen molar-refractivity contribution in [3.63, 3.8) is 0 Å². The highest BCUT2D eigenvalue weighted by molar-refractivity contribution is 6.34. The van der Waals surface area contributed by atoms with E-state index in [1.54, 1.807) is 12.1 Å². The van der Waals surface area contributed by atoms with E-state index in [-0.39, 0.29) is 5.56 Å². The fraction of sp³-hybridized carbons (Fsp3) is 0. The molecule has 0 fully saturated rings. The van der Waals surface area contributed by atoms with Gasteiger partial charge in [0.2, 0.25) is 0 Å². The van der Waals surface area contributed by atoms with Gasteiger partial charge in [-0.25, -0.2) is 4.39 Å². The average molecular weight is 275 g/mol. The van der Waals surface area contributed by atoms with Gasteiger partial charge in [0.25, 0.3) is 0 Å². The number of carbonyl (C=O) groups excluding carboxylic acids is 1. The Morgan fingerprint density at radius 3 is 2.74 bits per heavy atom. The number of aldehydes is 1. The van der Waals surface area contributed by atoms with Crippen LogP contribution in [-0.2, 0) is 0 Å². The van der Waals surface area contributed by atoms with Crippen LogP contribution in [0, 0.1) is 5.82 Å². The van der Waals surface area contributed by atoms with E-state index in [1.165, 1.54) is 18.2 Å². The van der Waals surface area contributed by atoms with Gasteiger partial charge in [-0.15, -0.1) is 0 Å². The minimum Gasteiger partial charge on any atom is -0.454 e. The van der Waals surface area contributed by atoms with Gasteiger partial charge in [0, 0.05) is 16.5 Å². The van der Waals surface area contributed by atoms with E-state index in [4.69, 9.17) is 16.0 Å². The van der Waals surface area contributed by atoms with E-state index < -0.39 is 5.82 Å². The molecular weight excluding hydrogens is 267 g/mol. The third kappa shape index (κ3) is 2.02. The predicted molar refractivity (Wildman–Crippen MR) is 72.0 cm³/mol. The van der Waals surface area contributed by atoms with Crippen LogP contribution in [-0.4, -0.2) is 6.29 Å². The van der Waals surface area contributed by atoms with Gasteiger partial charge >= 0.3 is 0 Å². The first-order chi connectivity index (χ1) is 9.19. The maximum atomic E-state index is 13.1. The lowest BCUT2D eigenvalue weighted by Crippen LogP contribution is -1.87. The van der Waals surface area contributed by atoms with E-state index in [1.807, 2.05) is 12.1 Å². The van der Waals surface area contributed by atoms with Gasteiger partial charge in [-0.2, -0.15) is 0 Å². The van der Waals surface area contributed by atoms with Crippen molar-refractivity contribution in [2.24, 2.45) is 0 Å². The van der Waals surface area contributed by atoms with E-state index in [2.05, 4.69) is 0 Å². The molecule has 0 unspecified atom stereocenters. The van der Waals surface area contributed by atoms with Crippen molar-refractivity contribution >= 4 is 28.9 Å². The van der Waals surface area contributed by atoms with Crippen LogP contribution in [0.25, 0.3) is 22.3 Å². The molecule has 2 nitrogen and oxygen atoms in total. The molecule has 0 aliphatic carbocycles. The third-order valence-electron chi connectivity index (χ3n) is 2.90. The topological polar surface area (TPSA) is 30.2 Å². The zero-order valence-corrected chi connectivity index (χ0v) is 10.4. The standard InChI is InChI=1S/C15H8ClFO2/c16-13-3-1-2-9-7-14(19-15(9)13)12-5-4-11(17)6-10(12)8-18/h1-8H. The SMILES string of the molecule is O=Cc1cc(F)ccc1-c1cc2cccc(Cl)c2o1. The second kappa shape index (κ2) is 4.52. The van der Waals surface area contributed by atoms with Crippen LogP contribution in [0.1, 0.15) is 10.4 Å². The molecule has 2 aromatic carbocycles. The van der Waals surface area contributed by atoms with Crippen LogP contribution >= 0.6 is 11.6 Å². The summed E-state index contributed by atoms with van der Waals surface area (Å²) in [4.78, 5) is 11.0. The molecule has 19 heavy (non-hydrogen) atoms.